The third-order valence-corrected chi connectivity index (χ3v) is 1.29. The fourth-order valence-electron chi connectivity index (χ4n) is 0.747. The van der Waals surface area contributed by atoms with Crippen molar-refractivity contribution in [2.75, 3.05) is 0 Å². The molecule has 1 nitrogen and oxygen atoms in total. The monoisotopic (exact) mass is 160 g/mol. The van der Waals surface area contributed by atoms with Crippen LogP contribution in [-0.4, -0.2) is 10.7 Å². The van der Waals surface area contributed by atoms with Crippen LogP contribution in [0.5, 0.6) is 0 Å². The molecule has 0 heterocycles. The smallest absolute Gasteiger partial charge is 0.120 e. The molecule has 0 radical (unpaired) electrons. The first-order valence-corrected chi connectivity index (χ1v) is 3.88. The molecule has 0 unspecified atom stereocenters. The minimum atomic E-state index is -0.907. The van der Waals surface area contributed by atoms with Crippen LogP contribution in [0.15, 0.2) is 30.3 Å². The van der Waals surface area contributed by atoms with Crippen molar-refractivity contribution in [1.29, 1.82) is 0 Å². The van der Waals surface area contributed by atoms with Gasteiger partial charge in [-0.25, -0.2) is 0 Å². The zero-order chi connectivity index (χ0) is 9.03. The van der Waals surface area contributed by atoms with E-state index in [-0.39, 0.29) is 0 Å². The molecule has 0 bridgehead atoms. The Labute approximate surface area is 73.0 Å². The summed E-state index contributed by atoms with van der Waals surface area (Å²) in [6, 6.07) is 9.62. The Morgan fingerprint density at radius 1 is 1.17 bits per heavy atom. The van der Waals surface area contributed by atoms with Crippen LogP contribution in [0, 0.1) is 11.8 Å². The molecule has 62 valence electrons. The molecule has 0 amide bonds. The predicted octanol–water partition coefficient (Wildman–Crippen LogP) is 1.81. The molecule has 1 N–H and O–H groups in total. The Morgan fingerprint density at radius 3 is 2.25 bits per heavy atom. The normalized spacial score (nSPS) is 10.2. The summed E-state index contributed by atoms with van der Waals surface area (Å²) in [4.78, 5) is 0. The van der Waals surface area contributed by atoms with E-state index in [2.05, 4.69) is 11.8 Å². The van der Waals surface area contributed by atoms with Crippen molar-refractivity contribution in [3.8, 4) is 11.8 Å². The summed E-state index contributed by atoms with van der Waals surface area (Å²) in [5.74, 6) is 5.63. The van der Waals surface area contributed by atoms with Crippen LogP contribution in [0.25, 0.3) is 0 Å². The lowest BCUT2D eigenvalue weighted by atomic mass is 10.1. The van der Waals surface area contributed by atoms with E-state index in [1.165, 1.54) is 0 Å². The van der Waals surface area contributed by atoms with Gasteiger partial charge in [-0.05, 0) is 26.0 Å². The van der Waals surface area contributed by atoms with E-state index >= 15 is 0 Å². The highest BCUT2D eigenvalue weighted by atomic mass is 16.3. The molecule has 1 aromatic rings. The van der Waals surface area contributed by atoms with Gasteiger partial charge in [0.1, 0.15) is 5.60 Å². The molecular weight excluding hydrogens is 148 g/mol. The van der Waals surface area contributed by atoms with Crippen molar-refractivity contribution in [3.63, 3.8) is 0 Å². The van der Waals surface area contributed by atoms with Crippen LogP contribution in [0.1, 0.15) is 19.4 Å². The molecule has 0 aliphatic carbocycles. The van der Waals surface area contributed by atoms with Gasteiger partial charge in [0.2, 0.25) is 0 Å². The van der Waals surface area contributed by atoms with E-state index in [1.807, 2.05) is 30.3 Å². The van der Waals surface area contributed by atoms with Crippen molar-refractivity contribution in [3.05, 3.63) is 35.9 Å². The minimum absolute atomic E-state index is 0.907. The van der Waals surface area contributed by atoms with Crippen LogP contribution >= 0.6 is 0 Å². The Hall–Kier alpha value is -1.26. The van der Waals surface area contributed by atoms with Gasteiger partial charge in [-0.2, -0.15) is 0 Å². The lowest BCUT2D eigenvalue weighted by molar-refractivity contribution is 0.143. The van der Waals surface area contributed by atoms with E-state index in [0.717, 1.165) is 5.56 Å². The number of hydrogen-bond acceptors (Lipinski definition) is 1. The van der Waals surface area contributed by atoms with Gasteiger partial charge in [0.05, 0.1) is 0 Å². The summed E-state index contributed by atoms with van der Waals surface area (Å²) >= 11 is 0. The molecule has 0 atom stereocenters. The van der Waals surface area contributed by atoms with Gasteiger partial charge in [-0.15, -0.1) is 0 Å². The fraction of sp³-hybridized carbons (Fsp3) is 0.273. The highest BCUT2D eigenvalue weighted by Gasteiger charge is 2.05. The molecule has 0 saturated carbocycles. The SMILES string of the molecule is CC(C)(O)C#Cc1ccccc1. The van der Waals surface area contributed by atoms with E-state index in [1.54, 1.807) is 13.8 Å². The minimum Gasteiger partial charge on any atom is -0.378 e. The van der Waals surface area contributed by atoms with Crippen LogP contribution < -0.4 is 0 Å². The predicted molar refractivity (Wildman–Crippen MR) is 49.6 cm³/mol. The molecule has 0 saturated heterocycles. The second-order valence-corrected chi connectivity index (χ2v) is 3.18. The highest BCUT2D eigenvalue weighted by molar-refractivity contribution is 5.35. The lowest BCUT2D eigenvalue weighted by Gasteiger charge is -2.05. The first kappa shape index (κ1) is 8.83. The second kappa shape index (κ2) is 3.42. The molecule has 0 aromatic heterocycles. The summed E-state index contributed by atoms with van der Waals surface area (Å²) in [7, 11) is 0. The maximum Gasteiger partial charge on any atom is 0.120 e. The standard InChI is InChI=1S/C11H12O/c1-11(2,12)9-8-10-6-4-3-5-7-10/h3-7,12H,1-2H3. The molecule has 0 aliphatic heterocycles. The quantitative estimate of drug-likeness (QED) is 0.574. The largest absolute Gasteiger partial charge is 0.378 e. The first-order valence-electron chi connectivity index (χ1n) is 3.88. The Kier molecular flexibility index (Phi) is 2.52. The van der Waals surface area contributed by atoms with Crippen LogP contribution in [-0.2, 0) is 0 Å². The molecule has 0 fully saturated rings. The lowest BCUT2D eigenvalue weighted by Crippen LogP contribution is -2.14. The summed E-state index contributed by atoms with van der Waals surface area (Å²) in [6.07, 6.45) is 0. The topological polar surface area (TPSA) is 20.2 Å². The van der Waals surface area contributed by atoms with Gasteiger partial charge < -0.3 is 5.11 Å². The number of hydrogen-bond donors (Lipinski definition) is 1. The Morgan fingerprint density at radius 2 is 1.75 bits per heavy atom. The van der Waals surface area contributed by atoms with Crippen LogP contribution in [0.3, 0.4) is 0 Å². The molecule has 0 aliphatic rings. The molecule has 1 rings (SSSR count). The Balaban J connectivity index is 2.81. The molecular formula is C11H12O. The van der Waals surface area contributed by atoms with Crippen LogP contribution in [0.2, 0.25) is 0 Å². The van der Waals surface area contributed by atoms with Gasteiger partial charge >= 0.3 is 0 Å². The van der Waals surface area contributed by atoms with E-state index in [4.69, 9.17) is 0 Å². The maximum absolute atomic E-state index is 9.31. The molecule has 1 heteroatoms. The van der Waals surface area contributed by atoms with Gasteiger partial charge in [0.15, 0.2) is 0 Å². The third-order valence-electron chi connectivity index (χ3n) is 1.29. The van der Waals surface area contributed by atoms with Crippen molar-refractivity contribution >= 4 is 0 Å². The number of rotatable bonds is 0. The number of aliphatic hydroxyl groups is 1. The molecule has 1 aromatic carbocycles. The van der Waals surface area contributed by atoms with Crippen molar-refractivity contribution in [2.45, 2.75) is 19.4 Å². The average Bonchev–Trinajstić information content (AvgIpc) is 2.02. The van der Waals surface area contributed by atoms with E-state index in [0.29, 0.717) is 0 Å². The van der Waals surface area contributed by atoms with Gasteiger partial charge in [-0.3, -0.25) is 0 Å². The van der Waals surface area contributed by atoms with Crippen molar-refractivity contribution < 1.29 is 5.11 Å². The fourth-order valence-corrected chi connectivity index (χ4v) is 0.747. The van der Waals surface area contributed by atoms with E-state index in [9.17, 15) is 5.11 Å². The average molecular weight is 160 g/mol. The van der Waals surface area contributed by atoms with Gasteiger partial charge in [-0.1, -0.05) is 30.0 Å². The first-order chi connectivity index (χ1) is 5.58. The maximum atomic E-state index is 9.31. The molecule has 0 spiro atoms. The van der Waals surface area contributed by atoms with Crippen molar-refractivity contribution in [2.24, 2.45) is 0 Å². The number of benzene rings is 1. The summed E-state index contributed by atoms with van der Waals surface area (Å²) in [6.45, 7) is 3.34. The van der Waals surface area contributed by atoms with Crippen LogP contribution in [0.4, 0.5) is 0 Å². The van der Waals surface area contributed by atoms with Gasteiger partial charge in [0, 0.05) is 5.56 Å². The Bertz CT molecular complexity index is 295. The summed E-state index contributed by atoms with van der Waals surface area (Å²) in [5, 5.41) is 9.31. The second-order valence-electron chi connectivity index (χ2n) is 3.18. The third kappa shape index (κ3) is 3.23. The highest BCUT2D eigenvalue weighted by Crippen LogP contribution is 2.00. The van der Waals surface area contributed by atoms with Crippen molar-refractivity contribution in [1.82, 2.24) is 0 Å². The zero-order valence-electron chi connectivity index (χ0n) is 7.33. The molecule has 12 heavy (non-hydrogen) atoms. The zero-order valence-corrected chi connectivity index (χ0v) is 7.33. The van der Waals surface area contributed by atoms with E-state index < -0.39 is 5.60 Å². The summed E-state index contributed by atoms with van der Waals surface area (Å²) in [5.41, 5.74) is 0.0233. The van der Waals surface area contributed by atoms with Gasteiger partial charge in [0.25, 0.3) is 0 Å². The summed E-state index contributed by atoms with van der Waals surface area (Å²) < 4.78 is 0.